The number of anilines is 3. The molecular formula is C60H42N2. The summed E-state index contributed by atoms with van der Waals surface area (Å²) in [5.41, 5.74) is 18.7. The molecule has 0 radical (unpaired) electrons. The normalized spacial score (nSPS) is 11.2. The zero-order valence-corrected chi connectivity index (χ0v) is 34.1. The Labute approximate surface area is 362 Å². The van der Waals surface area contributed by atoms with Gasteiger partial charge in [0.05, 0.1) is 16.7 Å². The van der Waals surface area contributed by atoms with Crippen LogP contribution in [0.4, 0.5) is 17.1 Å². The fraction of sp³-hybridized carbons (Fsp3) is 0. The van der Waals surface area contributed by atoms with E-state index < -0.39 is 0 Å². The van der Waals surface area contributed by atoms with E-state index in [1.54, 1.807) is 0 Å². The van der Waals surface area contributed by atoms with Crippen LogP contribution < -0.4 is 4.90 Å². The van der Waals surface area contributed by atoms with E-state index in [0.717, 1.165) is 28.3 Å². The molecule has 0 aliphatic rings. The molecule has 0 unspecified atom stereocenters. The SMILES string of the molecule is c1ccc(-c2ccc(-c3ccc(N(c4cccc(-c5ccc6c(c5)c5ccccc5n6-c5ccccc5)c4)c4ccccc4-c4ccccc4)cc3)cc2-c2ccccc2)cc1. The van der Waals surface area contributed by atoms with Gasteiger partial charge in [-0.2, -0.15) is 0 Å². The van der Waals surface area contributed by atoms with Gasteiger partial charge in [-0.25, -0.2) is 0 Å². The van der Waals surface area contributed by atoms with E-state index in [9.17, 15) is 0 Å². The molecule has 0 aliphatic heterocycles. The third-order valence-electron chi connectivity index (χ3n) is 12.0. The Bertz CT molecular complexity index is 3310. The predicted octanol–water partition coefficient (Wildman–Crippen LogP) is 16.6. The average Bonchev–Trinajstić information content (AvgIpc) is 3.69. The molecular weight excluding hydrogens is 749 g/mol. The molecule has 0 N–H and O–H groups in total. The van der Waals surface area contributed by atoms with Gasteiger partial charge in [-0.15, -0.1) is 0 Å². The van der Waals surface area contributed by atoms with E-state index in [1.807, 2.05) is 0 Å². The number of rotatable bonds is 9. The molecule has 0 fully saturated rings. The maximum Gasteiger partial charge on any atom is 0.0541 e. The van der Waals surface area contributed by atoms with Gasteiger partial charge in [-0.1, -0.05) is 188 Å². The average molecular weight is 791 g/mol. The van der Waals surface area contributed by atoms with Crippen LogP contribution in [-0.4, -0.2) is 4.57 Å². The first kappa shape index (κ1) is 36.8. The second-order valence-corrected chi connectivity index (χ2v) is 15.7. The second kappa shape index (κ2) is 16.1. The molecule has 1 aromatic heterocycles. The first-order valence-electron chi connectivity index (χ1n) is 21.3. The third kappa shape index (κ3) is 6.84. The summed E-state index contributed by atoms with van der Waals surface area (Å²) < 4.78 is 2.37. The lowest BCUT2D eigenvalue weighted by molar-refractivity contribution is 1.18. The van der Waals surface area contributed by atoms with E-state index in [-0.39, 0.29) is 0 Å². The van der Waals surface area contributed by atoms with Gasteiger partial charge in [0, 0.05) is 33.4 Å². The van der Waals surface area contributed by atoms with Crippen LogP contribution in [0.15, 0.2) is 255 Å². The topological polar surface area (TPSA) is 8.17 Å². The minimum atomic E-state index is 1.08. The van der Waals surface area contributed by atoms with Crippen molar-refractivity contribution in [2.24, 2.45) is 0 Å². The van der Waals surface area contributed by atoms with Gasteiger partial charge in [0.2, 0.25) is 0 Å². The van der Waals surface area contributed by atoms with E-state index >= 15 is 0 Å². The zero-order chi connectivity index (χ0) is 41.2. The van der Waals surface area contributed by atoms with Crippen molar-refractivity contribution in [1.29, 1.82) is 0 Å². The number of hydrogen-bond acceptors (Lipinski definition) is 1. The van der Waals surface area contributed by atoms with Crippen molar-refractivity contribution >= 4 is 38.9 Å². The van der Waals surface area contributed by atoms with Crippen LogP contribution >= 0.6 is 0 Å². The number of aromatic nitrogens is 1. The highest BCUT2D eigenvalue weighted by molar-refractivity contribution is 6.10. The smallest absolute Gasteiger partial charge is 0.0541 e. The molecule has 0 spiro atoms. The summed E-state index contributed by atoms with van der Waals surface area (Å²) in [5.74, 6) is 0. The van der Waals surface area contributed by atoms with Gasteiger partial charge in [0.15, 0.2) is 0 Å². The van der Waals surface area contributed by atoms with Gasteiger partial charge in [0.25, 0.3) is 0 Å². The van der Waals surface area contributed by atoms with Crippen LogP contribution in [0, 0.1) is 0 Å². The van der Waals surface area contributed by atoms with E-state index in [2.05, 4.69) is 264 Å². The van der Waals surface area contributed by atoms with Crippen LogP contribution in [0.3, 0.4) is 0 Å². The lowest BCUT2D eigenvalue weighted by atomic mass is 9.91. The molecule has 62 heavy (non-hydrogen) atoms. The zero-order valence-electron chi connectivity index (χ0n) is 34.1. The molecule has 0 bridgehead atoms. The van der Waals surface area contributed by atoms with Gasteiger partial charge in [-0.3, -0.25) is 0 Å². The predicted molar refractivity (Wildman–Crippen MR) is 263 cm³/mol. The third-order valence-corrected chi connectivity index (χ3v) is 12.0. The van der Waals surface area contributed by atoms with Gasteiger partial charge >= 0.3 is 0 Å². The summed E-state index contributed by atoms with van der Waals surface area (Å²) in [5, 5.41) is 2.48. The number of hydrogen-bond donors (Lipinski definition) is 0. The summed E-state index contributed by atoms with van der Waals surface area (Å²) >= 11 is 0. The van der Waals surface area contributed by atoms with Crippen molar-refractivity contribution in [2.45, 2.75) is 0 Å². The Hall–Kier alpha value is -8.20. The highest BCUT2D eigenvalue weighted by Crippen LogP contribution is 2.44. The van der Waals surface area contributed by atoms with Gasteiger partial charge in [-0.05, 0) is 117 Å². The minimum Gasteiger partial charge on any atom is -0.310 e. The second-order valence-electron chi connectivity index (χ2n) is 15.7. The Balaban J connectivity index is 1.03. The molecule has 0 aliphatic carbocycles. The Morgan fingerprint density at radius 3 is 1.50 bits per heavy atom. The molecule has 0 amide bonds. The number of fused-ring (bicyclic) bond motifs is 3. The molecule has 2 nitrogen and oxygen atoms in total. The molecule has 10 aromatic carbocycles. The van der Waals surface area contributed by atoms with Crippen LogP contribution in [0.25, 0.3) is 83.1 Å². The largest absolute Gasteiger partial charge is 0.310 e. The standard InChI is InChI=1S/C60H42N2/c1-5-18-44(19-6-1)53-38-34-48(41-56(53)46-22-9-3-10-23-46)43-32-36-51(37-33-43)61(58-30-15-13-28-54(58)45-20-7-2-8-21-45)52-27-17-24-47(40-52)49-35-39-60-57(42-49)55-29-14-16-31-59(55)62(60)50-25-11-4-12-26-50/h1-42H. The van der Waals surface area contributed by atoms with Gasteiger partial charge in [0.1, 0.15) is 0 Å². The quantitative estimate of drug-likeness (QED) is 0.141. The summed E-state index contributed by atoms with van der Waals surface area (Å²) in [4.78, 5) is 2.41. The molecule has 1 heterocycles. The summed E-state index contributed by atoms with van der Waals surface area (Å²) in [6.07, 6.45) is 0. The minimum absolute atomic E-state index is 1.08. The molecule has 0 atom stereocenters. The number of para-hydroxylation sites is 3. The molecule has 292 valence electrons. The summed E-state index contributed by atoms with van der Waals surface area (Å²) in [6, 6.07) is 92.0. The molecule has 11 rings (SSSR count). The first-order valence-corrected chi connectivity index (χ1v) is 21.3. The van der Waals surface area contributed by atoms with Crippen molar-refractivity contribution in [2.75, 3.05) is 4.90 Å². The highest BCUT2D eigenvalue weighted by Gasteiger charge is 2.19. The maximum atomic E-state index is 2.41. The molecule has 0 saturated heterocycles. The van der Waals surface area contributed by atoms with Crippen LogP contribution in [0.2, 0.25) is 0 Å². The van der Waals surface area contributed by atoms with E-state index in [0.29, 0.717) is 0 Å². The molecule has 0 saturated carbocycles. The Kier molecular flexibility index (Phi) is 9.57. The van der Waals surface area contributed by atoms with Gasteiger partial charge < -0.3 is 9.47 Å². The van der Waals surface area contributed by atoms with E-state index in [4.69, 9.17) is 0 Å². The van der Waals surface area contributed by atoms with Crippen molar-refractivity contribution in [1.82, 2.24) is 4.57 Å². The molecule has 11 aromatic rings. The van der Waals surface area contributed by atoms with Crippen molar-refractivity contribution in [3.63, 3.8) is 0 Å². The maximum absolute atomic E-state index is 2.41. The number of benzene rings is 10. The van der Waals surface area contributed by atoms with Crippen LogP contribution in [0.5, 0.6) is 0 Å². The fourth-order valence-electron chi connectivity index (χ4n) is 9.04. The highest BCUT2D eigenvalue weighted by atomic mass is 15.1. The fourth-order valence-corrected chi connectivity index (χ4v) is 9.04. The lowest BCUT2D eigenvalue weighted by Gasteiger charge is -2.28. The summed E-state index contributed by atoms with van der Waals surface area (Å²) in [7, 11) is 0. The first-order chi connectivity index (χ1) is 30.8. The van der Waals surface area contributed by atoms with Crippen molar-refractivity contribution in [3.8, 4) is 61.3 Å². The molecule has 2 heteroatoms. The van der Waals surface area contributed by atoms with Crippen LogP contribution in [0.1, 0.15) is 0 Å². The van der Waals surface area contributed by atoms with Crippen molar-refractivity contribution < 1.29 is 0 Å². The Morgan fingerprint density at radius 2 is 0.774 bits per heavy atom. The van der Waals surface area contributed by atoms with Crippen LogP contribution in [-0.2, 0) is 0 Å². The van der Waals surface area contributed by atoms with Crippen molar-refractivity contribution in [3.05, 3.63) is 255 Å². The monoisotopic (exact) mass is 790 g/mol. The number of nitrogens with zero attached hydrogens (tertiary/aromatic N) is 2. The van der Waals surface area contributed by atoms with E-state index in [1.165, 1.54) is 71.9 Å². The Morgan fingerprint density at radius 1 is 0.258 bits per heavy atom. The lowest BCUT2D eigenvalue weighted by Crippen LogP contribution is -2.11. The summed E-state index contributed by atoms with van der Waals surface area (Å²) in [6.45, 7) is 0.